The van der Waals surface area contributed by atoms with Gasteiger partial charge in [0.05, 0.1) is 33.3 Å². The van der Waals surface area contributed by atoms with Crippen LogP contribution in [0, 0.1) is 12.1 Å². The molecule has 0 radical (unpaired) electrons. The fourth-order valence-electron chi connectivity index (χ4n) is 12.9. The Labute approximate surface area is 482 Å². The second-order valence-electron chi connectivity index (χ2n) is 27.1. The number of anilines is 6. The van der Waals surface area contributed by atoms with Gasteiger partial charge in [0.15, 0.2) is 0 Å². The van der Waals surface area contributed by atoms with Crippen molar-refractivity contribution < 1.29 is 0 Å². The third-order valence-corrected chi connectivity index (χ3v) is 17.4. The molecule has 0 saturated heterocycles. The zero-order valence-electron chi connectivity index (χ0n) is 49.4. The van der Waals surface area contributed by atoms with Crippen LogP contribution in [0.15, 0.2) is 206 Å². The Balaban J connectivity index is 1.03. The average molecular weight is 1060 g/mol. The van der Waals surface area contributed by atoms with Crippen LogP contribution >= 0.6 is 0 Å². The summed E-state index contributed by atoms with van der Waals surface area (Å²) in [5.41, 5.74) is 19.1. The van der Waals surface area contributed by atoms with Gasteiger partial charge in [0.25, 0.3) is 0 Å². The summed E-state index contributed by atoms with van der Waals surface area (Å²) in [6.07, 6.45) is 0. The first-order valence-electron chi connectivity index (χ1n) is 29.2. The van der Waals surface area contributed by atoms with Crippen molar-refractivity contribution in [3.8, 4) is 5.69 Å². The van der Waals surface area contributed by atoms with Crippen molar-refractivity contribution in [1.29, 1.82) is 0 Å². The summed E-state index contributed by atoms with van der Waals surface area (Å²) in [5.74, 6) is 0. The number of benzene rings is 10. The Bertz CT molecular complexity index is 4660. The summed E-state index contributed by atoms with van der Waals surface area (Å²) < 4.78 is 4.98. The highest BCUT2D eigenvalue weighted by Crippen LogP contribution is 2.49. The molecule has 0 aliphatic carbocycles. The largest absolute Gasteiger partial charge is 0.310 e. The van der Waals surface area contributed by atoms with Crippen LogP contribution in [0.5, 0.6) is 0 Å². The van der Waals surface area contributed by atoms with Crippen LogP contribution in [0.3, 0.4) is 0 Å². The van der Waals surface area contributed by atoms with Crippen molar-refractivity contribution in [3.05, 3.63) is 241 Å². The molecule has 0 aliphatic rings. The van der Waals surface area contributed by atoms with Gasteiger partial charge in [-0.2, -0.15) is 0 Å². The fourth-order valence-corrected chi connectivity index (χ4v) is 12.9. The predicted octanol–water partition coefficient (Wildman–Crippen LogP) is 22.0. The molecule has 0 saturated carbocycles. The van der Waals surface area contributed by atoms with Gasteiger partial charge in [0.2, 0.25) is 0 Å². The normalized spacial score (nSPS) is 12.8. The van der Waals surface area contributed by atoms with Gasteiger partial charge in [-0.3, -0.25) is 0 Å². The average Bonchev–Trinajstić information content (AvgIpc) is 2.25. The van der Waals surface area contributed by atoms with Crippen molar-refractivity contribution in [3.63, 3.8) is 0 Å². The lowest BCUT2D eigenvalue weighted by Gasteiger charge is -2.28. The molecular formula is C78H70N4. The Hall–Kier alpha value is -9.04. The van der Waals surface area contributed by atoms with E-state index in [2.05, 4.69) is 314 Å². The van der Waals surface area contributed by atoms with E-state index in [0.717, 1.165) is 50.8 Å². The number of fused-ring (bicyclic) bond motifs is 12. The molecule has 0 atom stereocenters. The monoisotopic (exact) mass is 1060 g/mol. The molecule has 0 N–H and O–H groups in total. The van der Waals surface area contributed by atoms with Gasteiger partial charge in [0.1, 0.15) is 0 Å². The Kier molecular flexibility index (Phi) is 11.4. The van der Waals surface area contributed by atoms with E-state index in [9.17, 15) is 0 Å². The Morgan fingerprint density at radius 1 is 0.317 bits per heavy atom. The molecule has 0 bridgehead atoms. The maximum absolute atomic E-state index is 3.49. The lowest BCUT2D eigenvalue weighted by molar-refractivity contribution is 0.590. The van der Waals surface area contributed by atoms with E-state index in [1.807, 2.05) is 6.07 Å². The van der Waals surface area contributed by atoms with E-state index in [4.69, 9.17) is 0 Å². The molecule has 4 nitrogen and oxygen atoms in total. The maximum Gasteiger partial charge on any atom is 0.0973 e. The highest BCUT2D eigenvalue weighted by Gasteiger charge is 2.27. The second-order valence-corrected chi connectivity index (χ2v) is 27.1. The Morgan fingerprint density at radius 3 is 1.18 bits per heavy atom. The SMILES string of the molecule is CC(C)(C)c1ccc(N(c2ccc(C(C)(C)C)cc2)c2ccc3cc4c5cc6c(c7ccccc7n6-c6c#cccc6)c6c7cc8ccc(N(c9ccc(C(C)(C)C)cc9)c9ccc(C(C)(C)C)cc9)cc8cc7n(c4cc3c2)c56)cc1. The van der Waals surface area contributed by atoms with Crippen LogP contribution in [0.2, 0.25) is 0 Å². The van der Waals surface area contributed by atoms with Gasteiger partial charge < -0.3 is 18.8 Å². The Morgan fingerprint density at radius 2 is 0.744 bits per heavy atom. The van der Waals surface area contributed by atoms with Crippen molar-refractivity contribution in [2.45, 2.75) is 105 Å². The zero-order valence-corrected chi connectivity index (χ0v) is 49.4. The van der Waals surface area contributed by atoms with Gasteiger partial charge in [-0.05, 0) is 193 Å². The first-order chi connectivity index (χ1) is 39.2. The molecular weight excluding hydrogens is 993 g/mol. The first kappa shape index (κ1) is 51.1. The summed E-state index contributed by atoms with van der Waals surface area (Å²) in [5, 5.41) is 12.2. The molecule has 3 heterocycles. The number of para-hydroxylation sites is 1. The molecule has 0 spiro atoms. The smallest absolute Gasteiger partial charge is 0.0973 e. The standard InChI is InChI=1S/C78H70N4/c1-75(2,3)53-24-34-58(35-25-53)79(59-36-26-54(27-37-59)76(4,5)6)62-32-22-49-44-65-66-48-71-72(64-20-16-17-21-68(64)81(71)57-18-14-13-15-19-57)73-67-45-50-23-33-63(43-52(50)47-70(67)82(74(66)73)69(65)46-51(49)42-62)80(60-38-28-55(29-39-60)77(7,8)9)61-40-30-56(31-41-61)78(10,11)12/h13-14,16-18,20-48H,1-12H3. The van der Waals surface area contributed by atoms with Crippen LogP contribution in [-0.4, -0.2) is 8.97 Å². The second kappa shape index (κ2) is 18.2. The van der Waals surface area contributed by atoms with Gasteiger partial charge in [0, 0.05) is 66.4 Å². The maximum atomic E-state index is 3.49. The van der Waals surface area contributed by atoms with Gasteiger partial charge >= 0.3 is 0 Å². The molecule has 3 aromatic heterocycles. The van der Waals surface area contributed by atoms with Crippen LogP contribution in [-0.2, 0) is 21.7 Å². The van der Waals surface area contributed by atoms with Crippen molar-refractivity contribution >= 4 is 116 Å². The van der Waals surface area contributed by atoms with Crippen molar-refractivity contribution in [1.82, 2.24) is 8.97 Å². The molecule has 0 amide bonds. The molecule has 82 heavy (non-hydrogen) atoms. The molecule has 14 rings (SSSR count). The van der Waals surface area contributed by atoms with Gasteiger partial charge in [-0.15, -0.1) is 0 Å². The van der Waals surface area contributed by atoms with Crippen LogP contribution in [0.1, 0.15) is 105 Å². The van der Waals surface area contributed by atoms with Gasteiger partial charge in [-0.1, -0.05) is 174 Å². The van der Waals surface area contributed by atoms with Gasteiger partial charge in [-0.25, -0.2) is 0 Å². The summed E-state index contributed by atoms with van der Waals surface area (Å²) in [4.78, 5) is 4.84. The minimum atomic E-state index is 0.0402. The summed E-state index contributed by atoms with van der Waals surface area (Å²) in [7, 11) is 0. The molecule has 402 valence electrons. The minimum Gasteiger partial charge on any atom is -0.310 e. The molecule has 4 heteroatoms. The van der Waals surface area contributed by atoms with E-state index in [1.54, 1.807) is 0 Å². The summed E-state index contributed by atoms with van der Waals surface area (Å²) >= 11 is 0. The zero-order chi connectivity index (χ0) is 56.8. The predicted molar refractivity (Wildman–Crippen MR) is 352 cm³/mol. The van der Waals surface area contributed by atoms with Crippen molar-refractivity contribution in [2.24, 2.45) is 0 Å². The third-order valence-electron chi connectivity index (χ3n) is 17.4. The topological polar surface area (TPSA) is 15.8 Å². The van der Waals surface area contributed by atoms with E-state index in [1.165, 1.54) is 92.7 Å². The molecule has 0 unspecified atom stereocenters. The number of rotatable bonds is 7. The van der Waals surface area contributed by atoms with E-state index >= 15 is 0 Å². The number of hydrogen-bond donors (Lipinski definition) is 0. The first-order valence-corrected chi connectivity index (χ1v) is 29.2. The lowest BCUT2D eigenvalue weighted by atomic mass is 9.86. The highest BCUT2D eigenvalue weighted by molar-refractivity contribution is 6.37. The summed E-state index contributed by atoms with van der Waals surface area (Å²) in [6.45, 7) is 27.4. The minimum absolute atomic E-state index is 0.0402. The molecule has 14 aromatic rings. The van der Waals surface area contributed by atoms with Crippen LogP contribution in [0.4, 0.5) is 34.1 Å². The van der Waals surface area contributed by atoms with Crippen LogP contribution in [0.25, 0.3) is 87.1 Å². The molecule has 0 fully saturated rings. The number of nitrogens with zero attached hydrogens (tertiary/aromatic N) is 4. The number of aromatic nitrogens is 2. The summed E-state index contributed by atoms with van der Waals surface area (Å²) in [6, 6.07) is 84.8. The third kappa shape index (κ3) is 8.35. The fraction of sp³-hybridized carbons (Fsp3) is 0.205. The molecule has 0 aliphatic heterocycles. The van der Waals surface area contributed by atoms with Crippen LogP contribution < -0.4 is 9.80 Å². The molecule has 11 aromatic carbocycles. The highest BCUT2D eigenvalue weighted by atomic mass is 15.1. The lowest BCUT2D eigenvalue weighted by Crippen LogP contribution is -2.14. The van der Waals surface area contributed by atoms with E-state index in [0.29, 0.717) is 0 Å². The van der Waals surface area contributed by atoms with E-state index < -0.39 is 0 Å². The van der Waals surface area contributed by atoms with Crippen molar-refractivity contribution in [2.75, 3.05) is 9.80 Å². The quantitative estimate of drug-likeness (QED) is 0.158. The number of hydrogen-bond acceptors (Lipinski definition) is 2. The van der Waals surface area contributed by atoms with E-state index in [-0.39, 0.29) is 21.7 Å².